The Morgan fingerprint density at radius 3 is 2.53 bits per heavy atom. The number of hydrogen-bond acceptors (Lipinski definition) is 5. The van der Waals surface area contributed by atoms with E-state index in [1.807, 2.05) is 37.6 Å². The van der Waals surface area contributed by atoms with Gasteiger partial charge in [-0.25, -0.2) is 9.67 Å². The maximum absolute atomic E-state index is 5.94. The third-order valence-corrected chi connectivity index (χ3v) is 5.43. The number of ether oxygens (including phenoxy) is 2. The maximum atomic E-state index is 5.94. The quantitative estimate of drug-likeness (QED) is 0.602. The van der Waals surface area contributed by atoms with Gasteiger partial charge in [-0.15, -0.1) is 0 Å². The van der Waals surface area contributed by atoms with Crippen LogP contribution >= 0.6 is 0 Å². The number of aromatic nitrogens is 3. The zero-order valence-corrected chi connectivity index (χ0v) is 18.7. The predicted molar refractivity (Wildman–Crippen MR) is 120 cm³/mol. The molecule has 160 valence electrons. The van der Waals surface area contributed by atoms with Crippen LogP contribution in [0.2, 0.25) is 0 Å². The van der Waals surface area contributed by atoms with Crippen molar-refractivity contribution in [1.82, 2.24) is 19.7 Å². The number of fused-ring (bicyclic) bond motifs is 1. The van der Waals surface area contributed by atoms with Gasteiger partial charge >= 0.3 is 0 Å². The molecule has 0 amide bonds. The van der Waals surface area contributed by atoms with Crippen molar-refractivity contribution >= 4 is 10.9 Å². The fourth-order valence-electron chi connectivity index (χ4n) is 3.89. The Labute approximate surface area is 178 Å². The van der Waals surface area contributed by atoms with Crippen LogP contribution in [0.25, 0.3) is 16.7 Å². The first-order chi connectivity index (χ1) is 14.4. The number of pyridine rings is 1. The Hall–Kier alpha value is -2.44. The Kier molecular flexibility index (Phi) is 6.06. The van der Waals surface area contributed by atoms with Gasteiger partial charge in [0.15, 0.2) is 5.82 Å². The fourth-order valence-corrected chi connectivity index (χ4v) is 3.89. The van der Waals surface area contributed by atoms with E-state index >= 15 is 0 Å². The molecular weight excluding hydrogens is 376 g/mol. The van der Waals surface area contributed by atoms with E-state index in [2.05, 4.69) is 36.9 Å². The number of aryl methyl sites for hydroxylation is 1. The Balaban J connectivity index is 1.80. The van der Waals surface area contributed by atoms with Gasteiger partial charge in [-0.1, -0.05) is 19.9 Å². The van der Waals surface area contributed by atoms with Crippen molar-refractivity contribution in [2.24, 2.45) is 0 Å². The van der Waals surface area contributed by atoms with Gasteiger partial charge in [-0.2, -0.15) is 5.10 Å². The van der Waals surface area contributed by atoms with Gasteiger partial charge in [0, 0.05) is 42.8 Å². The summed E-state index contributed by atoms with van der Waals surface area (Å²) in [6.07, 6.45) is 0.111. The highest BCUT2D eigenvalue weighted by Gasteiger charge is 2.19. The summed E-state index contributed by atoms with van der Waals surface area (Å²) in [7, 11) is 0. The fraction of sp³-hybridized carbons (Fsp3) is 0.500. The van der Waals surface area contributed by atoms with Crippen molar-refractivity contribution in [3.63, 3.8) is 0 Å². The molecule has 3 aromatic rings. The molecule has 2 aromatic heterocycles. The molecule has 1 aliphatic heterocycles. The molecule has 6 nitrogen and oxygen atoms in total. The minimum absolute atomic E-state index is 0.111. The molecule has 0 N–H and O–H groups in total. The van der Waals surface area contributed by atoms with E-state index in [9.17, 15) is 0 Å². The van der Waals surface area contributed by atoms with E-state index < -0.39 is 0 Å². The Morgan fingerprint density at radius 2 is 1.83 bits per heavy atom. The van der Waals surface area contributed by atoms with Crippen LogP contribution in [0.5, 0.6) is 5.75 Å². The molecule has 0 bridgehead atoms. The predicted octanol–water partition coefficient (Wildman–Crippen LogP) is 4.47. The molecule has 0 unspecified atom stereocenters. The van der Waals surface area contributed by atoms with Gasteiger partial charge in [-0.05, 0) is 44.4 Å². The standard InChI is InChI=1S/C24H32N4O2/c1-16(2)19-6-7-23-21(13-19)22(15-27-8-10-29-11-9-27)26-28(23)24-14-20(30-17(3)4)12-18(5)25-24/h6-7,12-14,16-17H,8-11,15H2,1-5H3. The summed E-state index contributed by atoms with van der Waals surface area (Å²) in [6, 6.07) is 10.6. The molecule has 0 spiro atoms. The van der Waals surface area contributed by atoms with Gasteiger partial charge < -0.3 is 9.47 Å². The molecule has 0 aliphatic carbocycles. The highest BCUT2D eigenvalue weighted by molar-refractivity contribution is 5.84. The summed E-state index contributed by atoms with van der Waals surface area (Å²) in [6.45, 7) is 14.8. The second kappa shape index (κ2) is 8.74. The van der Waals surface area contributed by atoms with E-state index in [0.29, 0.717) is 5.92 Å². The summed E-state index contributed by atoms with van der Waals surface area (Å²) in [4.78, 5) is 7.18. The zero-order valence-electron chi connectivity index (χ0n) is 18.7. The normalized spacial score (nSPS) is 15.4. The first kappa shape index (κ1) is 20.8. The number of rotatable bonds is 6. The highest BCUT2D eigenvalue weighted by atomic mass is 16.5. The maximum Gasteiger partial charge on any atom is 0.157 e. The van der Waals surface area contributed by atoms with E-state index in [4.69, 9.17) is 19.6 Å². The second-order valence-corrected chi connectivity index (χ2v) is 8.65. The van der Waals surface area contributed by atoms with Gasteiger partial charge in [0.05, 0.1) is 30.5 Å². The van der Waals surface area contributed by atoms with Crippen LogP contribution in [-0.4, -0.2) is 52.1 Å². The van der Waals surface area contributed by atoms with Crippen LogP contribution in [0, 0.1) is 6.92 Å². The lowest BCUT2D eigenvalue weighted by molar-refractivity contribution is 0.0338. The van der Waals surface area contributed by atoms with Gasteiger partial charge in [0.25, 0.3) is 0 Å². The molecule has 3 heterocycles. The molecule has 6 heteroatoms. The average Bonchev–Trinajstić information content (AvgIpc) is 3.05. The molecule has 30 heavy (non-hydrogen) atoms. The minimum atomic E-state index is 0.111. The molecule has 1 fully saturated rings. The lowest BCUT2D eigenvalue weighted by Gasteiger charge is -2.25. The smallest absolute Gasteiger partial charge is 0.157 e. The van der Waals surface area contributed by atoms with Crippen molar-refractivity contribution in [2.75, 3.05) is 26.3 Å². The number of nitrogens with zero attached hydrogens (tertiary/aromatic N) is 4. The number of benzene rings is 1. The lowest BCUT2D eigenvalue weighted by atomic mass is 10.0. The highest BCUT2D eigenvalue weighted by Crippen LogP contribution is 2.28. The average molecular weight is 409 g/mol. The second-order valence-electron chi connectivity index (χ2n) is 8.65. The largest absolute Gasteiger partial charge is 0.491 e. The lowest BCUT2D eigenvalue weighted by Crippen LogP contribution is -2.35. The van der Waals surface area contributed by atoms with E-state index in [1.54, 1.807) is 0 Å². The van der Waals surface area contributed by atoms with Crippen LogP contribution in [0.15, 0.2) is 30.3 Å². The van der Waals surface area contributed by atoms with Gasteiger partial charge in [0.1, 0.15) is 5.75 Å². The Morgan fingerprint density at radius 1 is 1.07 bits per heavy atom. The SMILES string of the molecule is Cc1cc(OC(C)C)cc(-n2nc(CN3CCOCC3)c3cc(C(C)C)ccc32)n1. The van der Waals surface area contributed by atoms with Crippen molar-refractivity contribution in [2.45, 2.75) is 53.2 Å². The zero-order chi connectivity index (χ0) is 21.3. The number of hydrogen-bond donors (Lipinski definition) is 0. The summed E-state index contributed by atoms with van der Waals surface area (Å²) >= 11 is 0. The van der Waals surface area contributed by atoms with E-state index in [-0.39, 0.29) is 6.10 Å². The molecule has 4 rings (SSSR count). The van der Waals surface area contributed by atoms with Crippen LogP contribution in [0.4, 0.5) is 0 Å². The monoisotopic (exact) mass is 408 g/mol. The van der Waals surface area contributed by atoms with E-state index in [1.165, 1.54) is 10.9 Å². The topological polar surface area (TPSA) is 52.4 Å². The molecule has 0 radical (unpaired) electrons. The summed E-state index contributed by atoms with van der Waals surface area (Å²) in [5, 5.41) is 6.23. The summed E-state index contributed by atoms with van der Waals surface area (Å²) in [5.74, 6) is 2.09. The van der Waals surface area contributed by atoms with Crippen LogP contribution in [-0.2, 0) is 11.3 Å². The van der Waals surface area contributed by atoms with Crippen molar-refractivity contribution < 1.29 is 9.47 Å². The molecule has 0 atom stereocenters. The molecular formula is C24H32N4O2. The Bertz CT molecular complexity index is 1020. The molecule has 1 aromatic carbocycles. The summed E-state index contributed by atoms with van der Waals surface area (Å²) < 4.78 is 13.4. The number of morpholine rings is 1. The molecule has 1 saturated heterocycles. The van der Waals surface area contributed by atoms with Crippen molar-refractivity contribution in [1.29, 1.82) is 0 Å². The third-order valence-electron chi connectivity index (χ3n) is 5.43. The van der Waals surface area contributed by atoms with Crippen molar-refractivity contribution in [3.8, 4) is 11.6 Å². The first-order valence-electron chi connectivity index (χ1n) is 10.9. The first-order valence-corrected chi connectivity index (χ1v) is 10.9. The van der Waals surface area contributed by atoms with Crippen LogP contribution < -0.4 is 4.74 Å². The minimum Gasteiger partial charge on any atom is -0.491 e. The van der Waals surface area contributed by atoms with Crippen molar-refractivity contribution in [3.05, 3.63) is 47.3 Å². The van der Waals surface area contributed by atoms with Crippen LogP contribution in [0.1, 0.15) is 50.6 Å². The molecule has 1 aliphatic rings. The van der Waals surface area contributed by atoms with Gasteiger partial charge in [-0.3, -0.25) is 4.90 Å². The van der Waals surface area contributed by atoms with Crippen LogP contribution in [0.3, 0.4) is 0 Å². The molecule has 0 saturated carbocycles. The third kappa shape index (κ3) is 4.50. The summed E-state index contributed by atoms with van der Waals surface area (Å²) in [5.41, 5.74) is 4.41. The van der Waals surface area contributed by atoms with E-state index in [0.717, 1.165) is 61.3 Å². The van der Waals surface area contributed by atoms with Gasteiger partial charge in [0.2, 0.25) is 0 Å².